The van der Waals surface area contributed by atoms with E-state index < -0.39 is 0 Å². The van der Waals surface area contributed by atoms with Gasteiger partial charge in [-0.15, -0.1) is 0 Å². The van der Waals surface area contributed by atoms with E-state index in [1.54, 1.807) is 0 Å². The van der Waals surface area contributed by atoms with Crippen LogP contribution in [0, 0.1) is 55.4 Å². The SMILES string of the molecule is C.C.C.C.C.C.Cc1ccc2c(oc3ccccc32)c1N1C=CN(C)[C@@H]1C.Cc1cccc(C)c1-c1c[n+](C)c2c3c(C)cccc3c3ccccc3n12.Cc1ccccc1N1C=CN(C)[C@@H]1C.Cc1ccccc1N1c2ccccc2N(C)[C@@H]1C.Cc1ccccc1N1c2cccnc2N(C)[C@@H]1C.Cc1ccccc1N1c2ncccc2N(C)[C@@H]1C. The molecule has 0 amide bonds. The molecule has 0 N–H and O–H groups in total. The number of rotatable bonds is 6. The number of imidazole rings is 1. The highest BCUT2D eigenvalue weighted by molar-refractivity contribution is 6.13. The van der Waals surface area contributed by atoms with E-state index in [0.29, 0.717) is 18.5 Å². The molecule has 5 aromatic heterocycles. The molecule has 0 saturated heterocycles. The number of benzene rings is 10. The molecule has 636 valence electrons. The van der Waals surface area contributed by atoms with Crippen LogP contribution in [0.15, 0.2) is 290 Å². The van der Waals surface area contributed by atoms with E-state index in [2.05, 4.69) is 450 Å². The number of hydrogen-bond acceptors (Lipinski definition) is 13. The fourth-order valence-electron chi connectivity index (χ4n) is 17.2. The Morgan fingerprint density at radius 3 is 1.30 bits per heavy atom. The molecular weight excluding hydrogens is 1500 g/mol. The Hall–Kier alpha value is -13.0. The second-order valence-corrected chi connectivity index (χ2v) is 31.4. The van der Waals surface area contributed by atoms with Gasteiger partial charge >= 0.3 is 0 Å². The molecule has 0 radical (unpaired) electrons. The van der Waals surface area contributed by atoms with E-state index >= 15 is 0 Å². The minimum Gasteiger partial charge on any atom is -0.454 e. The molecular formula is C107H133N14O+. The molecule has 122 heavy (non-hydrogen) atoms. The van der Waals surface area contributed by atoms with Crippen LogP contribution in [0.1, 0.15) is 124 Å². The average Bonchev–Trinajstić information content (AvgIpc) is 1.47. The van der Waals surface area contributed by atoms with Crippen LogP contribution >= 0.6 is 0 Å². The van der Waals surface area contributed by atoms with E-state index in [-0.39, 0.29) is 56.9 Å². The number of aryl methyl sites for hydroxylation is 9. The van der Waals surface area contributed by atoms with Crippen LogP contribution in [0.5, 0.6) is 0 Å². The molecule has 15 heteroatoms. The van der Waals surface area contributed by atoms with Crippen molar-refractivity contribution in [1.29, 1.82) is 0 Å². The van der Waals surface area contributed by atoms with E-state index in [9.17, 15) is 0 Å². The molecule has 10 aromatic carbocycles. The summed E-state index contributed by atoms with van der Waals surface area (Å²) in [7, 11) is 12.7. The number of nitrogens with zero attached hydrogens (tertiary/aromatic N) is 14. The first-order valence-electron chi connectivity index (χ1n) is 40.5. The molecule has 5 aliphatic rings. The highest BCUT2D eigenvalue weighted by atomic mass is 16.3. The molecule has 15 nitrogen and oxygen atoms in total. The number of aromatic nitrogens is 4. The largest absolute Gasteiger partial charge is 0.454 e. The molecule has 10 heterocycles. The molecule has 0 saturated carbocycles. The summed E-state index contributed by atoms with van der Waals surface area (Å²) in [6.07, 6.45) is 16.1. The van der Waals surface area contributed by atoms with Crippen molar-refractivity contribution < 1.29 is 8.98 Å². The van der Waals surface area contributed by atoms with Crippen molar-refractivity contribution in [2.75, 3.05) is 74.4 Å². The number of fused-ring (bicyclic) bond motifs is 12. The molecule has 0 fully saturated rings. The van der Waals surface area contributed by atoms with Crippen LogP contribution < -0.4 is 43.8 Å². The van der Waals surface area contributed by atoms with Gasteiger partial charge in [-0.25, -0.2) is 14.5 Å². The van der Waals surface area contributed by atoms with Crippen molar-refractivity contribution in [2.24, 2.45) is 7.05 Å². The smallest absolute Gasteiger partial charge is 0.295 e. The maximum absolute atomic E-state index is 6.17. The van der Waals surface area contributed by atoms with Crippen LogP contribution in [0.4, 0.5) is 62.8 Å². The topological polar surface area (TPSA) is 79.6 Å². The second kappa shape index (κ2) is 39.0. The van der Waals surface area contributed by atoms with Gasteiger partial charge in [0, 0.05) is 122 Å². The van der Waals surface area contributed by atoms with Gasteiger partial charge in [0.15, 0.2) is 22.9 Å². The van der Waals surface area contributed by atoms with Gasteiger partial charge in [-0.1, -0.05) is 214 Å². The monoisotopic (exact) mass is 1630 g/mol. The standard InChI is InChI=1S/C25H23N2.C18H18N2O.C16H18N2.2C15H17N3.C12H16N2.6CH4/c1-16-9-7-10-17(2)23(16)22-15-26(4)25-24-18(3)11-8-13-20(24)19-12-5-6-14-21(19)27(22)25;1-12-8-9-15-14-6-4-5-7-16(14)21-18(15)17(12)20-11-10-19(3)13(20)2;1-12-8-4-5-9-14(12)18-13(2)17(3)15-10-6-7-11-16(15)18;1-11-7-4-5-8-13(11)18-12(2)17(3)15-14(18)9-6-10-16-15;1-11-7-4-5-8-13(11)18-12(2)17(3)14-9-6-10-16-15(14)18;1-10-6-4-5-7-12(10)14-9-8-13(3)11(14)2;;;;;;/h5-15H,1-4H3;4-11,13H,1-3H3;4-11,13H,1-3H3;2*4-10,12H,1-3H3;4-9,11H,1-3H3;6*1H4/q+1;;;;;;;;;;;/t;2*13-;2*12-;11-;;;;;;/m.00000....../s1. The maximum Gasteiger partial charge on any atom is 0.295 e. The Kier molecular flexibility index (Phi) is 29.7. The Bertz CT molecular complexity index is 5910. The molecule has 0 unspecified atom stereocenters. The Labute approximate surface area is 729 Å². The van der Waals surface area contributed by atoms with Gasteiger partial charge in [0.2, 0.25) is 0 Å². The summed E-state index contributed by atoms with van der Waals surface area (Å²) in [5.41, 5.74) is 28.6. The Morgan fingerprint density at radius 1 is 0.320 bits per heavy atom. The summed E-state index contributed by atoms with van der Waals surface area (Å²) in [5.74, 6) is 2.09. The van der Waals surface area contributed by atoms with Gasteiger partial charge < -0.3 is 53.4 Å². The summed E-state index contributed by atoms with van der Waals surface area (Å²) in [6, 6.07) is 85.3. The Morgan fingerprint density at radius 2 is 0.738 bits per heavy atom. The normalized spacial score (nSPS) is 16.1. The van der Waals surface area contributed by atoms with Gasteiger partial charge in [0.05, 0.1) is 40.9 Å². The number of anilines is 11. The fraction of sp³-hybridized carbons (Fsp3) is 0.280. The van der Waals surface area contributed by atoms with E-state index in [1.807, 2.05) is 36.7 Å². The lowest BCUT2D eigenvalue weighted by Crippen LogP contribution is -2.36. The number of hydrogen-bond donors (Lipinski definition) is 0. The molecule has 15 aromatic rings. The lowest BCUT2D eigenvalue weighted by atomic mass is 9.99. The van der Waals surface area contributed by atoms with Crippen molar-refractivity contribution in [3.8, 4) is 11.3 Å². The minimum atomic E-state index is 0. The summed E-state index contributed by atoms with van der Waals surface area (Å²) in [6.45, 7) is 28.4. The quantitative estimate of drug-likeness (QED) is 0.117. The third-order valence-electron chi connectivity index (χ3n) is 24.2. The van der Waals surface area contributed by atoms with Crippen molar-refractivity contribution in [1.82, 2.24) is 24.2 Å². The lowest BCUT2D eigenvalue weighted by Gasteiger charge is -2.28. The first-order chi connectivity index (χ1) is 56.0. The summed E-state index contributed by atoms with van der Waals surface area (Å²) < 4.78 is 10.9. The van der Waals surface area contributed by atoms with E-state index in [1.165, 1.54) is 139 Å². The molecule has 20 rings (SSSR count). The molecule has 5 atom stereocenters. The van der Waals surface area contributed by atoms with Crippen LogP contribution in [0.3, 0.4) is 0 Å². The number of pyridine rings is 3. The minimum absolute atomic E-state index is 0. The zero-order chi connectivity index (χ0) is 81.5. The van der Waals surface area contributed by atoms with Crippen LogP contribution in [0.25, 0.3) is 60.5 Å². The first-order valence-corrected chi connectivity index (χ1v) is 40.5. The van der Waals surface area contributed by atoms with Crippen LogP contribution in [0.2, 0.25) is 0 Å². The third kappa shape index (κ3) is 17.1. The second-order valence-electron chi connectivity index (χ2n) is 31.4. The highest BCUT2D eigenvalue weighted by Gasteiger charge is 2.36. The Balaban J connectivity index is 0.000000166. The van der Waals surface area contributed by atoms with E-state index in [4.69, 9.17) is 4.42 Å². The lowest BCUT2D eigenvalue weighted by molar-refractivity contribution is -0.643. The third-order valence-corrected chi connectivity index (χ3v) is 24.2. The summed E-state index contributed by atoms with van der Waals surface area (Å²) in [5, 5.41) is 6.31. The highest BCUT2D eigenvalue weighted by Crippen LogP contribution is 2.47. The predicted molar refractivity (Wildman–Crippen MR) is 529 cm³/mol. The number of para-hydroxylation sites is 8. The summed E-state index contributed by atoms with van der Waals surface area (Å²) in [4.78, 5) is 31.8. The molecule has 0 bridgehead atoms. The zero-order valence-corrected chi connectivity index (χ0v) is 70.7. The predicted octanol–water partition coefficient (Wildman–Crippen LogP) is 27.1. The van der Waals surface area contributed by atoms with E-state index in [0.717, 1.165) is 28.5 Å². The van der Waals surface area contributed by atoms with Gasteiger partial charge in [0.1, 0.15) is 48.1 Å². The zero-order valence-electron chi connectivity index (χ0n) is 70.7. The van der Waals surface area contributed by atoms with Crippen molar-refractivity contribution in [3.05, 3.63) is 331 Å². The molecule has 0 spiro atoms. The molecule has 0 aliphatic carbocycles. The van der Waals surface area contributed by atoms with Crippen LogP contribution in [-0.4, -0.2) is 90.2 Å². The van der Waals surface area contributed by atoms with Crippen LogP contribution in [-0.2, 0) is 7.05 Å². The van der Waals surface area contributed by atoms with Gasteiger partial charge in [0.25, 0.3) is 5.65 Å². The molecule has 5 aliphatic heterocycles. The van der Waals surface area contributed by atoms with Gasteiger partial charge in [-0.3, -0.25) is 0 Å². The van der Waals surface area contributed by atoms with Crippen molar-refractivity contribution >= 4 is 112 Å². The average molecular weight is 1630 g/mol. The van der Waals surface area contributed by atoms with Crippen molar-refractivity contribution in [3.63, 3.8) is 0 Å². The summed E-state index contributed by atoms with van der Waals surface area (Å²) >= 11 is 0. The number of furan rings is 1. The van der Waals surface area contributed by atoms with Crippen molar-refractivity contribution in [2.45, 2.75) is 165 Å². The first kappa shape index (κ1) is 92.9. The van der Waals surface area contributed by atoms with Gasteiger partial charge in [-0.2, -0.15) is 4.40 Å². The van der Waals surface area contributed by atoms with Gasteiger partial charge in [-0.05, 0) is 207 Å². The fourth-order valence-corrected chi connectivity index (χ4v) is 17.2. The maximum atomic E-state index is 6.17.